The minimum Gasteiger partial charge on any atom is -0.494 e. The van der Waals surface area contributed by atoms with E-state index in [0.29, 0.717) is 25.3 Å². The van der Waals surface area contributed by atoms with Crippen LogP contribution in [0.25, 0.3) is 10.9 Å². The molecule has 8 heteroatoms. The summed E-state index contributed by atoms with van der Waals surface area (Å²) >= 11 is 0. The second-order valence-corrected chi connectivity index (χ2v) is 8.28. The smallest absolute Gasteiger partial charge is 0.240 e. The highest BCUT2D eigenvalue weighted by molar-refractivity contribution is 7.89. The van der Waals surface area contributed by atoms with Gasteiger partial charge in [-0.05, 0) is 49.2 Å². The van der Waals surface area contributed by atoms with E-state index in [1.54, 1.807) is 12.1 Å². The Labute approximate surface area is 170 Å². The van der Waals surface area contributed by atoms with Crippen LogP contribution in [0.2, 0.25) is 0 Å². The van der Waals surface area contributed by atoms with E-state index in [1.807, 2.05) is 37.4 Å². The minimum absolute atomic E-state index is 0.0362. The molecule has 0 aliphatic rings. The minimum atomic E-state index is -3.66. The number of aromatic nitrogens is 1. The maximum atomic E-state index is 12.3. The van der Waals surface area contributed by atoms with Gasteiger partial charge in [0.2, 0.25) is 15.9 Å². The van der Waals surface area contributed by atoms with Gasteiger partial charge < -0.3 is 15.0 Å². The third-order valence-corrected chi connectivity index (χ3v) is 5.96. The molecule has 29 heavy (non-hydrogen) atoms. The predicted molar refractivity (Wildman–Crippen MR) is 112 cm³/mol. The Balaban J connectivity index is 1.42. The third-order valence-electron chi connectivity index (χ3n) is 4.48. The largest absolute Gasteiger partial charge is 0.494 e. The fourth-order valence-corrected chi connectivity index (χ4v) is 4.06. The van der Waals surface area contributed by atoms with Gasteiger partial charge in [-0.25, -0.2) is 13.1 Å². The molecule has 1 heterocycles. The third kappa shape index (κ3) is 5.58. The van der Waals surface area contributed by atoms with E-state index in [1.165, 1.54) is 12.1 Å². The summed E-state index contributed by atoms with van der Waals surface area (Å²) in [5, 5.41) is 3.97. The van der Waals surface area contributed by atoms with E-state index in [-0.39, 0.29) is 23.8 Å². The van der Waals surface area contributed by atoms with E-state index in [9.17, 15) is 13.2 Å². The number of sulfonamides is 1. The van der Waals surface area contributed by atoms with Crippen LogP contribution >= 0.6 is 0 Å². The van der Waals surface area contributed by atoms with Gasteiger partial charge in [-0.15, -0.1) is 0 Å². The number of fused-ring (bicyclic) bond motifs is 1. The molecule has 0 spiro atoms. The monoisotopic (exact) mass is 415 g/mol. The number of H-pyrrole nitrogens is 1. The maximum absolute atomic E-state index is 12.3. The molecule has 0 fully saturated rings. The Morgan fingerprint density at radius 2 is 1.83 bits per heavy atom. The maximum Gasteiger partial charge on any atom is 0.240 e. The Morgan fingerprint density at radius 3 is 2.59 bits per heavy atom. The summed E-state index contributed by atoms with van der Waals surface area (Å²) in [6.45, 7) is 2.90. The molecule has 3 aromatic rings. The van der Waals surface area contributed by atoms with E-state index in [4.69, 9.17) is 4.74 Å². The van der Waals surface area contributed by atoms with Crippen molar-refractivity contribution < 1.29 is 17.9 Å². The summed E-state index contributed by atoms with van der Waals surface area (Å²) in [7, 11) is -3.66. The molecule has 154 valence electrons. The molecule has 3 N–H and O–H groups in total. The zero-order valence-corrected chi connectivity index (χ0v) is 17.1. The molecule has 0 saturated carbocycles. The number of benzene rings is 2. The fraction of sp³-hybridized carbons (Fsp3) is 0.286. The summed E-state index contributed by atoms with van der Waals surface area (Å²) in [5.41, 5.74) is 2.20. The fourth-order valence-electron chi connectivity index (χ4n) is 3.03. The van der Waals surface area contributed by atoms with Crippen molar-refractivity contribution in [1.29, 1.82) is 0 Å². The number of carbonyl (C=O) groups is 1. The van der Waals surface area contributed by atoms with Crippen LogP contribution in [0.5, 0.6) is 5.75 Å². The second kappa shape index (κ2) is 9.58. The highest BCUT2D eigenvalue weighted by atomic mass is 32.2. The first kappa shape index (κ1) is 20.9. The topological polar surface area (TPSA) is 100 Å². The molecule has 2 aromatic carbocycles. The van der Waals surface area contributed by atoms with Crippen molar-refractivity contribution in [2.24, 2.45) is 0 Å². The molecule has 0 aliphatic heterocycles. The predicted octanol–water partition coefficient (Wildman–Crippen LogP) is 2.59. The summed E-state index contributed by atoms with van der Waals surface area (Å²) in [6, 6.07) is 14.2. The van der Waals surface area contributed by atoms with Gasteiger partial charge in [-0.3, -0.25) is 4.79 Å². The molecular formula is C21H25N3O4S. The second-order valence-electron chi connectivity index (χ2n) is 6.51. The number of aromatic amines is 1. The van der Waals surface area contributed by atoms with E-state index >= 15 is 0 Å². The van der Waals surface area contributed by atoms with Crippen LogP contribution in [-0.2, 0) is 21.2 Å². The molecule has 7 nitrogen and oxygen atoms in total. The van der Waals surface area contributed by atoms with Gasteiger partial charge in [0.1, 0.15) is 5.75 Å². The normalized spacial score (nSPS) is 11.5. The molecule has 0 atom stereocenters. The standard InChI is InChI=1S/C21H25N3O4S/c1-2-28-17-7-9-18(10-8-17)29(26,27)24-14-12-21(25)22-13-11-16-15-23-20-6-4-3-5-19(16)20/h3-10,15,23-24H,2,11-14H2,1H3,(H,22,25). The van der Waals surface area contributed by atoms with Crippen LogP contribution in [0.1, 0.15) is 18.9 Å². The van der Waals surface area contributed by atoms with Crippen LogP contribution < -0.4 is 14.8 Å². The zero-order valence-electron chi connectivity index (χ0n) is 16.3. The number of para-hydroxylation sites is 1. The van der Waals surface area contributed by atoms with Crippen molar-refractivity contribution in [3.05, 3.63) is 60.3 Å². The number of rotatable bonds is 10. The van der Waals surface area contributed by atoms with Gasteiger partial charge >= 0.3 is 0 Å². The lowest BCUT2D eigenvalue weighted by Gasteiger charge is -2.08. The lowest BCUT2D eigenvalue weighted by Crippen LogP contribution is -2.31. The quantitative estimate of drug-likeness (QED) is 0.474. The lowest BCUT2D eigenvalue weighted by molar-refractivity contribution is -0.120. The molecule has 0 unspecified atom stereocenters. The van der Waals surface area contributed by atoms with Gasteiger partial charge in [0.05, 0.1) is 11.5 Å². The SMILES string of the molecule is CCOc1ccc(S(=O)(=O)NCCC(=O)NCCc2c[nH]c3ccccc23)cc1. The number of carbonyl (C=O) groups excluding carboxylic acids is 1. The molecule has 1 amide bonds. The first-order valence-corrected chi connectivity index (χ1v) is 11.0. The molecule has 1 aromatic heterocycles. The van der Waals surface area contributed by atoms with Crippen molar-refractivity contribution in [2.75, 3.05) is 19.7 Å². The Bertz CT molecular complexity index is 1060. The van der Waals surface area contributed by atoms with Crippen molar-refractivity contribution >= 4 is 26.8 Å². The molecule has 0 saturated heterocycles. The summed E-state index contributed by atoms with van der Waals surface area (Å²) in [4.78, 5) is 15.3. The zero-order chi connectivity index (χ0) is 20.7. The van der Waals surface area contributed by atoms with Crippen LogP contribution in [0.4, 0.5) is 0 Å². The van der Waals surface area contributed by atoms with Crippen LogP contribution in [-0.4, -0.2) is 39.0 Å². The number of hydrogen-bond donors (Lipinski definition) is 3. The Hall–Kier alpha value is -2.84. The summed E-state index contributed by atoms with van der Waals surface area (Å²) in [6.07, 6.45) is 2.72. The van der Waals surface area contributed by atoms with Gasteiger partial charge in [-0.2, -0.15) is 0 Å². The molecular weight excluding hydrogens is 390 g/mol. The summed E-state index contributed by atoms with van der Waals surface area (Å²) in [5.74, 6) is 0.417. The van der Waals surface area contributed by atoms with Gasteiger partial charge in [-0.1, -0.05) is 18.2 Å². The molecule has 3 rings (SSSR count). The van der Waals surface area contributed by atoms with Crippen LogP contribution in [0.3, 0.4) is 0 Å². The van der Waals surface area contributed by atoms with Crippen LogP contribution in [0.15, 0.2) is 59.6 Å². The van der Waals surface area contributed by atoms with Gasteiger partial charge in [0.15, 0.2) is 0 Å². The van der Waals surface area contributed by atoms with Crippen molar-refractivity contribution in [3.8, 4) is 5.75 Å². The average molecular weight is 416 g/mol. The number of ether oxygens (including phenoxy) is 1. The average Bonchev–Trinajstić information content (AvgIpc) is 3.12. The van der Waals surface area contributed by atoms with Crippen molar-refractivity contribution in [1.82, 2.24) is 15.0 Å². The number of hydrogen-bond acceptors (Lipinski definition) is 4. The molecule has 0 aliphatic carbocycles. The van der Waals surface area contributed by atoms with E-state index in [2.05, 4.69) is 15.0 Å². The first-order chi connectivity index (χ1) is 14.0. The van der Waals surface area contributed by atoms with Crippen LogP contribution in [0, 0.1) is 0 Å². The highest BCUT2D eigenvalue weighted by Crippen LogP contribution is 2.18. The number of nitrogens with one attached hydrogen (secondary N) is 3. The van der Waals surface area contributed by atoms with Crippen molar-refractivity contribution in [3.63, 3.8) is 0 Å². The van der Waals surface area contributed by atoms with Gasteiger partial charge in [0, 0.05) is 36.6 Å². The lowest BCUT2D eigenvalue weighted by atomic mass is 10.1. The van der Waals surface area contributed by atoms with E-state index < -0.39 is 10.0 Å². The molecule has 0 bridgehead atoms. The molecule has 0 radical (unpaired) electrons. The first-order valence-electron chi connectivity index (χ1n) is 9.54. The summed E-state index contributed by atoms with van der Waals surface area (Å²) < 4.78 is 32.3. The van der Waals surface area contributed by atoms with E-state index in [0.717, 1.165) is 16.5 Å². The Morgan fingerprint density at radius 1 is 1.07 bits per heavy atom. The van der Waals surface area contributed by atoms with Crippen molar-refractivity contribution in [2.45, 2.75) is 24.7 Å². The highest BCUT2D eigenvalue weighted by Gasteiger charge is 2.14. The number of amides is 1. The van der Waals surface area contributed by atoms with Gasteiger partial charge in [0.25, 0.3) is 0 Å². The Kier molecular flexibility index (Phi) is 6.90.